The van der Waals surface area contributed by atoms with Gasteiger partial charge in [-0.2, -0.15) is 0 Å². The summed E-state index contributed by atoms with van der Waals surface area (Å²) in [6.45, 7) is 2.92. The number of carbonyl (C=O) groups excluding carboxylic acids is 1. The number of morpholine rings is 1. The van der Waals surface area contributed by atoms with Gasteiger partial charge in [0.05, 0.1) is 13.1 Å². The Morgan fingerprint density at radius 3 is 2.96 bits per heavy atom. The zero-order valence-electron chi connectivity index (χ0n) is 14.9. The average Bonchev–Trinajstić information content (AvgIpc) is 3.11. The number of ether oxygens (including phenoxy) is 2. The van der Waals surface area contributed by atoms with Crippen molar-refractivity contribution in [2.24, 2.45) is 0 Å². The Balaban J connectivity index is 1.36. The molecule has 2 heterocycles. The van der Waals surface area contributed by atoms with Gasteiger partial charge in [0, 0.05) is 23.8 Å². The van der Waals surface area contributed by atoms with Crippen LogP contribution < -0.4 is 9.64 Å². The van der Waals surface area contributed by atoms with Crippen LogP contribution in [0.2, 0.25) is 5.02 Å². The fourth-order valence-corrected chi connectivity index (χ4v) is 3.59. The number of carbonyl (C=O) groups is 1. The number of hydrogen-bond acceptors (Lipinski definition) is 4. The summed E-state index contributed by atoms with van der Waals surface area (Å²) in [5.74, 6) is 1.48. The fraction of sp³-hybridized carbons (Fsp3) is 0.286. The van der Waals surface area contributed by atoms with Crippen LogP contribution in [0.4, 0.5) is 5.69 Å². The largest absolute Gasteiger partial charge is 0.492 e. The first-order valence-corrected chi connectivity index (χ1v) is 9.41. The predicted octanol–water partition coefficient (Wildman–Crippen LogP) is 3.48. The van der Waals surface area contributed by atoms with Gasteiger partial charge in [0.15, 0.2) is 0 Å². The number of halogens is 1. The minimum absolute atomic E-state index is 0.122. The summed E-state index contributed by atoms with van der Waals surface area (Å²) in [7, 11) is 0. The lowest BCUT2D eigenvalue weighted by Gasteiger charge is -2.29. The highest BCUT2D eigenvalue weighted by atomic mass is 35.5. The van der Waals surface area contributed by atoms with E-state index >= 15 is 0 Å². The molecule has 5 nitrogen and oxygen atoms in total. The first-order chi connectivity index (χ1) is 13.2. The standard InChI is InChI=1S/C21H21ClN2O3/c22-17-5-3-6-18(12-17)27-15-19-13-23(10-11-26-19)14-21(25)24-9-8-16-4-1-2-7-20(16)24/h1-7,12,15H,8-11,13-14H2/b19-15-. The van der Waals surface area contributed by atoms with Crippen molar-refractivity contribution in [3.05, 3.63) is 71.1 Å². The summed E-state index contributed by atoms with van der Waals surface area (Å²) in [5, 5.41) is 0.619. The number of rotatable bonds is 4. The molecular formula is C21H21ClN2O3. The van der Waals surface area contributed by atoms with Gasteiger partial charge in [0.1, 0.15) is 24.4 Å². The molecule has 4 rings (SSSR count). The van der Waals surface area contributed by atoms with Crippen molar-refractivity contribution in [3.63, 3.8) is 0 Å². The molecule has 0 aromatic heterocycles. The van der Waals surface area contributed by atoms with E-state index in [1.165, 1.54) is 5.56 Å². The summed E-state index contributed by atoms with van der Waals surface area (Å²) in [4.78, 5) is 16.7. The lowest BCUT2D eigenvalue weighted by Crippen LogP contribution is -2.44. The minimum Gasteiger partial charge on any atom is -0.492 e. The van der Waals surface area contributed by atoms with Gasteiger partial charge in [-0.3, -0.25) is 9.69 Å². The SMILES string of the molecule is O=C(CN1CCO/C(=C\Oc2cccc(Cl)c2)C1)N1CCc2ccccc21. The van der Waals surface area contributed by atoms with E-state index in [1.54, 1.807) is 18.4 Å². The summed E-state index contributed by atoms with van der Waals surface area (Å²) in [6.07, 6.45) is 2.51. The zero-order valence-corrected chi connectivity index (χ0v) is 15.7. The molecule has 0 radical (unpaired) electrons. The minimum atomic E-state index is 0.122. The molecule has 27 heavy (non-hydrogen) atoms. The van der Waals surface area contributed by atoms with Crippen LogP contribution in [0.15, 0.2) is 60.6 Å². The molecule has 0 atom stereocenters. The second-order valence-electron chi connectivity index (χ2n) is 6.64. The molecule has 0 unspecified atom stereocenters. The molecule has 0 saturated carbocycles. The third-order valence-corrected chi connectivity index (χ3v) is 4.98. The number of benzene rings is 2. The molecule has 0 aliphatic carbocycles. The van der Waals surface area contributed by atoms with Gasteiger partial charge in [0.25, 0.3) is 0 Å². The topological polar surface area (TPSA) is 42.0 Å². The first kappa shape index (κ1) is 17.9. The van der Waals surface area contributed by atoms with E-state index < -0.39 is 0 Å². The van der Waals surface area contributed by atoms with Gasteiger partial charge in [-0.25, -0.2) is 0 Å². The number of nitrogens with zero attached hydrogens (tertiary/aromatic N) is 2. The van der Waals surface area contributed by atoms with Crippen LogP contribution in [0, 0.1) is 0 Å². The smallest absolute Gasteiger partial charge is 0.241 e. The van der Waals surface area contributed by atoms with Crippen LogP contribution in [0.5, 0.6) is 5.75 Å². The summed E-state index contributed by atoms with van der Waals surface area (Å²) in [5.41, 5.74) is 2.28. The van der Waals surface area contributed by atoms with Crippen LogP contribution in [0.3, 0.4) is 0 Å². The van der Waals surface area contributed by atoms with Gasteiger partial charge < -0.3 is 14.4 Å². The van der Waals surface area contributed by atoms with Crippen molar-refractivity contribution < 1.29 is 14.3 Å². The molecule has 140 valence electrons. The van der Waals surface area contributed by atoms with E-state index in [2.05, 4.69) is 11.0 Å². The van der Waals surface area contributed by atoms with Gasteiger partial charge in [-0.15, -0.1) is 0 Å². The maximum absolute atomic E-state index is 12.8. The summed E-state index contributed by atoms with van der Waals surface area (Å²) >= 11 is 5.96. The van der Waals surface area contributed by atoms with Gasteiger partial charge in [-0.1, -0.05) is 35.9 Å². The Hall–Kier alpha value is -2.50. The van der Waals surface area contributed by atoms with E-state index in [4.69, 9.17) is 21.1 Å². The highest BCUT2D eigenvalue weighted by Gasteiger charge is 2.27. The number of anilines is 1. The van der Waals surface area contributed by atoms with Crippen molar-refractivity contribution in [1.29, 1.82) is 0 Å². The van der Waals surface area contributed by atoms with Crippen LogP contribution in [0.25, 0.3) is 0 Å². The molecule has 0 bridgehead atoms. The normalized spacial score (nSPS) is 18.3. The second-order valence-corrected chi connectivity index (χ2v) is 7.08. The van der Waals surface area contributed by atoms with Crippen molar-refractivity contribution in [3.8, 4) is 5.75 Å². The lowest BCUT2D eigenvalue weighted by atomic mass is 10.2. The Labute approximate surface area is 163 Å². The third-order valence-electron chi connectivity index (χ3n) is 4.74. The molecule has 0 N–H and O–H groups in total. The molecule has 2 aromatic carbocycles. The molecule has 2 aromatic rings. The molecule has 1 amide bonds. The van der Waals surface area contributed by atoms with Crippen molar-refractivity contribution in [1.82, 2.24) is 4.90 Å². The molecule has 2 aliphatic heterocycles. The fourth-order valence-electron chi connectivity index (χ4n) is 3.41. The van der Waals surface area contributed by atoms with Crippen molar-refractivity contribution in [2.45, 2.75) is 6.42 Å². The van der Waals surface area contributed by atoms with Crippen molar-refractivity contribution in [2.75, 3.05) is 37.7 Å². The van der Waals surface area contributed by atoms with E-state index in [0.29, 0.717) is 36.2 Å². The molecule has 2 aliphatic rings. The van der Waals surface area contributed by atoms with Gasteiger partial charge in [-0.05, 0) is 36.2 Å². The summed E-state index contributed by atoms with van der Waals surface area (Å²) in [6, 6.07) is 15.3. The Kier molecular flexibility index (Phi) is 5.32. The molecule has 1 fully saturated rings. The highest BCUT2D eigenvalue weighted by Crippen LogP contribution is 2.27. The number of fused-ring (bicyclic) bond motifs is 1. The van der Waals surface area contributed by atoms with E-state index in [0.717, 1.165) is 25.2 Å². The zero-order chi connectivity index (χ0) is 18.6. The Morgan fingerprint density at radius 1 is 1.19 bits per heavy atom. The average molecular weight is 385 g/mol. The molecular weight excluding hydrogens is 364 g/mol. The van der Waals surface area contributed by atoms with Crippen LogP contribution >= 0.6 is 11.6 Å². The molecule has 6 heteroatoms. The second kappa shape index (κ2) is 8.03. The number of amides is 1. The van der Waals surface area contributed by atoms with Crippen LogP contribution in [-0.4, -0.2) is 43.6 Å². The highest BCUT2D eigenvalue weighted by molar-refractivity contribution is 6.30. The Bertz CT molecular complexity index is 868. The predicted molar refractivity (Wildman–Crippen MR) is 105 cm³/mol. The van der Waals surface area contributed by atoms with Crippen LogP contribution in [-0.2, 0) is 16.0 Å². The van der Waals surface area contributed by atoms with E-state index in [-0.39, 0.29) is 5.91 Å². The maximum atomic E-state index is 12.8. The quantitative estimate of drug-likeness (QED) is 0.757. The summed E-state index contributed by atoms with van der Waals surface area (Å²) < 4.78 is 11.3. The third kappa shape index (κ3) is 4.26. The number of hydrogen-bond donors (Lipinski definition) is 0. The van der Waals surface area contributed by atoms with Crippen LogP contribution in [0.1, 0.15) is 5.56 Å². The number of para-hydroxylation sites is 1. The van der Waals surface area contributed by atoms with Crippen molar-refractivity contribution >= 4 is 23.2 Å². The monoisotopic (exact) mass is 384 g/mol. The lowest BCUT2D eigenvalue weighted by molar-refractivity contribution is -0.120. The van der Waals surface area contributed by atoms with E-state index in [1.807, 2.05) is 35.2 Å². The molecule has 0 spiro atoms. The molecule has 1 saturated heterocycles. The van der Waals surface area contributed by atoms with Gasteiger partial charge in [0.2, 0.25) is 5.91 Å². The first-order valence-electron chi connectivity index (χ1n) is 9.04. The van der Waals surface area contributed by atoms with Gasteiger partial charge >= 0.3 is 0 Å². The maximum Gasteiger partial charge on any atom is 0.241 e. The van der Waals surface area contributed by atoms with E-state index in [9.17, 15) is 4.79 Å². The Morgan fingerprint density at radius 2 is 2.07 bits per heavy atom.